The summed E-state index contributed by atoms with van der Waals surface area (Å²) in [6.45, 7) is 5.17. The summed E-state index contributed by atoms with van der Waals surface area (Å²) < 4.78 is 0. The molecule has 0 radical (unpaired) electrons. The Kier molecular flexibility index (Phi) is 5.65. The van der Waals surface area contributed by atoms with Gasteiger partial charge in [0.1, 0.15) is 0 Å². The topological polar surface area (TPSA) is 12.0 Å². The number of hydrogen-bond donors (Lipinski definition) is 1. The van der Waals surface area contributed by atoms with Gasteiger partial charge in [-0.15, -0.1) is 11.8 Å². The second-order valence-corrected chi connectivity index (χ2v) is 5.04. The Hall–Kier alpha value is -1.78. The van der Waals surface area contributed by atoms with E-state index in [0.29, 0.717) is 6.04 Å². The molecule has 1 N–H and O–H groups in total. The minimum Gasteiger partial charge on any atom is -0.310 e. The lowest BCUT2D eigenvalue weighted by molar-refractivity contribution is 0.508. The molecule has 2 aromatic rings. The normalized spacial score (nSPS) is 11.9. The van der Waals surface area contributed by atoms with Gasteiger partial charge in [-0.2, -0.15) is 0 Å². The van der Waals surface area contributed by atoms with Crippen molar-refractivity contribution in [2.45, 2.75) is 39.2 Å². The molecule has 0 fully saturated rings. The van der Waals surface area contributed by atoms with Gasteiger partial charge in [-0.3, -0.25) is 0 Å². The Balaban J connectivity index is 2.30. The van der Waals surface area contributed by atoms with Gasteiger partial charge in [0.15, 0.2) is 0 Å². The van der Waals surface area contributed by atoms with Crippen LogP contribution in [-0.2, 0) is 0 Å². The molecule has 2 rings (SSSR count). The Labute approximate surface area is 122 Å². The van der Waals surface area contributed by atoms with Crippen LogP contribution in [0.3, 0.4) is 0 Å². The molecule has 1 heteroatoms. The third-order valence-corrected chi connectivity index (χ3v) is 3.57. The molecule has 0 aliphatic rings. The van der Waals surface area contributed by atoms with Crippen molar-refractivity contribution in [3.8, 4) is 11.8 Å². The lowest BCUT2D eigenvalue weighted by Crippen LogP contribution is -2.22. The maximum Gasteiger partial charge on any atom is 0.0335 e. The molecule has 0 aliphatic carbocycles. The van der Waals surface area contributed by atoms with E-state index >= 15 is 0 Å². The van der Waals surface area contributed by atoms with Crippen LogP contribution in [0, 0.1) is 11.8 Å². The van der Waals surface area contributed by atoms with Crippen molar-refractivity contribution < 1.29 is 0 Å². The third kappa shape index (κ3) is 3.62. The summed E-state index contributed by atoms with van der Waals surface area (Å²) in [7, 11) is 0. The highest BCUT2D eigenvalue weighted by Gasteiger charge is 2.12. The second-order valence-electron chi connectivity index (χ2n) is 5.04. The lowest BCUT2D eigenvalue weighted by atomic mass is 9.95. The van der Waals surface area contributed by atoms with Crippen LogP contribution in [-0.4, -0.2) is 6.54 Å². The highest BCUT2D eigenvalue weighted by atomic mass is 14.9. The second kappa shape index (κ2) is 7.72. The molecule has 0 saturated heterocycles. The molecule has 0 spiro atoms. The van der Waals surface area contributed by atoms with Crippen molar-refractivity contribution in [1.29, 1.82) is 0 Å². The monoisotopic (exact) mass is 265 g/mol. The SMILES string of the molecule is CC#CCCC(NCCC)c1cccc2ccccc12. The average Bonchev–Trinajstić information content (AvgIpc) is 2.50. The predicted octanol–water partition coefficient (Wildman–Crippen LogP) is 4.68. The summed E-state index contributed by atoms with van der Waals surface area (Å²) in [4.78, 5) is 0. The van der Waals surface area contributed by atoms with Crippen molar-refractivity contribution in [3.05, 3.63) is 48.0 Å². The van der Waals surface area contributed by atoms with Crippen LogP contribution in [0.2, 0.25) is 0 Å². The highest BCUT2D eigenvalue weighted by Crippen LogP contribution is 2.27. The predicted molar refractivity (Wildman–Crippen MR) is 87.7 cm³/mol. The molecule has 0 amide bonds. The van der Waals surface area contributed by atoms with Crippen molar-refractivity contribution in [1.82, 2.24) is 5.32 Å². The highest BCUT2D eigenvalue weighted by molar-refractivity contribution is 5.86. The molecule has 0 heterocycles. The first-order valence-corrected chi connectivity index (χ1v) is 7.47. The molecule has 0 aromatic heterocycles. The van der Waals surface area contributed by atoms with Crippen LogP contribution in [0.15, 0.2) is 42.5 Å². The van der Waals surface area contributed by atoms with E-state index in [4.69, 9.17) is 0 Å². The van der Waals surface area contributed by atoms with Crippen LogP contribution in [0.1, 0.15) is 44.7 Å². The smallest absolute Gasteiger partial charge is 0.0335 e. The average molecular weight is 265 g/mol. The van der Waals surface area contributed by atoms with Crippen LogP contribution < -0.4 is 5.32 Å². The van der Waals surface area contributed by atoms with Crippen LogP contribution in [0.4, 0.5) is 0 Å². The van der Waals surface area contributed by atoms with Crippen molar-refractivity contribution >= 4 is 10.8 Å². The van der Waals surface area contributed by atoms with Crippen molar-refractivity contribution in [3.63, 3.8) is 0 Å². The van der Waals surface area contributed by atoms with Gasteiger partial charge in [0.25, 0.3) is 0 Å². The summed E-state index contributed by atoms with van der Waals surface area (Å²) in [5.74, 6) is 6.17. The summed E-state index contributed by atoms with van der Waals surface area (Å²) in [6, 6.07) is 15.6. The van der Waals surface area contributed by atoms with Gasteiger partial charge in [0, 0.05) is 12.5 Å². The zero-order chi connectivity index (χ0) is 14.2. The van der Waals surface area contributed by atoms with Gasteiger partial charge in [-0.1, -0.05) is 49.4 Å². The minimum absolute atomic E-state index is 0.391. The van der Waals surface area contributed by atoms with Gasteiger partial charge >= 0.3 is 0 Å². The molecule has 2 aromatic carbocycles. The quantitative estimate of drug-likeness (QED) is 0.747. The molecular formula is C19H23N. The Morgan fingerprint density at radius 3 is 2.70 bits per heavy atom. The largest absolute Gasteiger partial charge is 0.310 e. The fraction of sp³-hybridized carbons (Fsp3) is 0.368. The molecule has 1 nitrogen and oxygen atoms in total. The number of fused-ring (bicyclic) bond motifs is 1. The molecular weight excluding hydrogens is 242 g/mol. The Bertz CT molecular complexity index is 598. The molecule has 1 atom stereocenters. The maximum absolute atomic E-state index is 3.67. The number of hydrogen-bond acceptors (Lipinski definition) is 1. The van der Waals surface area contributed by atoms with E-state index in [-0.39, 0.29) is 0 Å². The zero-order valence-electron chi connectivity index (χ0n) is 12.4. The first-order valence-electron chi connectivity index (χ1n) is 7.47. The van der Waals surface area contributed by atoms with E-state index < -0.39 is 0 Å². The molecule has 104 valence electrons. The van der Waals surface area contributed by atoms with E-state index in [1.807, 2.05) is 6.92 Å². The van der Waals surface area contributed by atoms with E-state index in [2.05, 4.69) is 66.5 Å². The summed E-state index contributed by atoms with van der Waals surface area (Å²) in [5, 5.41) is 6.34. The zero-order valence-corrected chi connectivity index (χ0v) is 12.4. The van der Waals surface area contributed by atoms with Crippen molar-refractivity contribution in [2.75, 3.05) is 6.54 Å². The van der Waals surface area contributed by atoms with Gasteiger partial charge in [0.2, 0.25) is 0 Å². The fourth-order valence-corrected chi connectivity index (χ4v) is 2.58. The Morgan fingerprint density at radius 2 is 1.90 bits per heavy atom. The summed E-state index contributed by atoms with van der Waals surface area (Å²) in [5.41, 5.74) is 1.40. The molecule has 0 bridgehead atoms. The van der Waals surface area contributed by atoms with Gasteiger partial charge in [0.05, 0.1) is 0 Å². The number of benzene rings is 2. The standard InChI is InChI=1S/C19H23N/c1-3-5-6-14-19(20-15-4-2)18-13-9-11-16-10-7-8-12-17(16)18/h7-13,19-20H,4,6,14-15H2,1-2H3. The van der Waals surface area contributed by atoms with Crippen LogP contribution in [0.25, 0.3) is 10.8 Å². The number of rotatable bonds is 6. The van der Waals surface area contributed by atoms with Crippen molar-refractivity contribution in [2.24, 2.45) is 0 Å². The number of nitrogens with one attached hydrogen (secondary N) is 1. The van der Waals surface area contributed by atoms with E-state index in [0.717, 1.165) is 25.8 Å². The molecule has 0 saturated carbocycles. The van der Waals surface area contributed by atoms with E-state index in [9.17, 15) is 0 Å². The van der Waals surface area contributed by atoms with Gasteiger partial charge in [-0.05, 0) is 42.6 Å². The van der Waals surface area contributed by atoms with Crippen LogP contribution >= 0.6 is 0 Å². The van der Waals surface area contributed by atoms with Crippen LogP contribution in [0.5, 0.6) is 0 Å². The first kappa shape index (κ1) is 14.6. The lowest BCUT2D eigenvalue weighted by Gasteiger charge is -2.20. The third-order valence-electron chi connectivity index (χ3n) is 3.57. The Morgan fingerprint density at radius 1 is 1.10 bits per heavy atom. The molecule has 20 heavy (non-hydrogen) atoms. The van der Waals surface area contributed by atoms with E-state index in [1.165, 1.54) is 16.3 Å². The summed E-state index contributed by atoms with van der Waals surface area (Å²) in [6.07, 6.45) is 3.16. The van der Waals surface area contributed by atoms with Gasteiger partial charge < -0.3 is 5.32 Å². The molecule has 0 aliphatic heterocycles. The maximum atomic E-state index is 3.67. The molecule has 1 unspecified atom stereocenters. The minimum atomic E-state index is 0.391. The van der Waals surface area contributed by atoms with Gasteiger partial charge in [-0.25, -0.2) is 0 Å². The van der Waals surface area contributed by atoms with E-state index in [1.54, 1.807) is 0 Å². The summed E-state index contributed by atoms with van der Waals surface area (Å²) >= 11 is 0. The fourth-order valence-electron chi connectivity index (χ4n) is 2.58. The first-order chi connectivity index (χ1) is 9.86.